The van der Waals surface area contributed by atoms with Gasteiger partial charge in [0, 0.05) is 12.1 Å². The standard InChI is InChI=1S/C7H15N3O4S/c1-7(3-4-8-5-7)10-15(12,13)9-6(11)14-2/h8,10H,3-5H2,1-2H3,(H,9,11). The maximum Gasteiger partial charge on any atom is 0.421 e. The summed E-state index contributed by atoms with van der Waals surface area (Å²) in [6.45, 7) is 3.05. The number of carbonyl (C=O) groups excluding carboxylic acids is 1. The molecule has 8 heteroatoms. The normalized spacial score (nSPS) is 26.3. The minimum atomic E-state index is -3.85. The van der Waals surface area contributed by atoms with E-state index in [-0.39, 0.29) is 0 Å². The fourth-order valence-corrected chi connectivity index (χ4v) is 2.58. The molecule has 0 aromatic carbocycles. The molecule has 1 fully saturated rings. The Balaban J connectivity index is 2.59. The highest BCUT2D eigenvalue weighted by Gasteiger charge is 2.33. The largest absolute Gasteiger partial charge is 0.452 e. The van der Waals surface area contributed by atoms with E-state index in [1.165, 1.54) is 0 Å². The number of methoxy groups -OCH3 is 1. The minimum absolute atomic E-state index is 0.537. The van der Waals surface area contributed by atoms with Gasteiger partial charge in [0.15, 0.2) is 0 Å². The van der Waals surface area contributed by atoms with Crippen molar-refractivity contribution in [3.8, 4) is 0 Å². The van der Waals surface area contributed by atoms with Crippen molar-refractivity contribution in [1.29, 1.82) is 0 Å². The summed E-state index contributed by atoms with van der Waals surface area (Å²) in [5.41, 5.74) is -0.556. The van der Waals surface area contributed by atoms with Crippen LogP contribution in [-0.2, 0) is 14.9 Å². The second-order valence-corrected chi connectivity index (χ2v) is 5.10. The van der Waals surface area contributed by atoms with Crippen LogP contribution in [0.2, 0.25) is 0 Å². The van der Waals surface area contributed by atoms with Crippen molar-refractivity contribution in [1.82, 2.24) is 14.8 Å². The maximum absolute atomic E-state index is 11.4. The fraction of sp³-hybridized carbons (Fsp3) is 0.857. The van der Waals surface area contributed by atoms with E-state index in [9.17, 15) is 13.2 Å². The van der Waals surface area contributed by atoms with Gasteiger partial charge in [-0.1, -0.05) is 0 Å². The Morgan fingerprint density at radius 2 is 2.20 bits per heavy atom. The molecule has 3 N–H and O–H groups in total. The van der Waals surface area contributed by atoms with Crippen molar-refractivity contribution in [3.05, 3.63) is 0 Å². The van der Waals surface area contributed by atoms with E-state index in [0.29, 0.717) is 13.0 Å². The summed E-state index contributed by atoms with van der Waals surface area (Å²) in [5, 5.41) is 3.03. The van der Waals surface area contributed by atoms with Crippen LogP contribution in [-0.4, -0.2) is 40.2 Å². The van der Waals surface area contributed by atoms with Crippen molar-refractivity contribution in [2.75, 3.05) is 20.2 Å². The van der Waals surface area contributed by atoms with E-state index < -0.39 is 21.8 Å². The summed E-state index contributed by atoms with van der Waals surface area (Å²) >= 11 is 0. The predicted molar refractivity (Wildman–Crippen MR) is 53.5 cm³/mol. The lowest BCUT2D eigenvalue weighted by molar-refractivity contribution is 0.177. The molecule has 0 spiro atoms. The van der Waals surface area contributed by atoms with Gasteiger partial charge in [0.2, 0.25) is 0 Å². The molecule has 0 aromatic heterocycles. The number of carbonyl (C=O) groups is 1. The van der Waals surface area contributed by atoms with Crippen LogP contribution >= 0.6 is 0 Å². The Hall–Kier alpha value is -0.860. The van der Waals surface area contributed by atoms with Crippen LogP contribution in [0.15, 0.2) is 0 Å². The van der Waals surface area contributed by atoms with Gasteiger partial charge in [-0.15, -0.1) is 0 Å². The van der Waals surface area contributed by atoms with Gasteiger partial charge in [0.25, 0.3) is 0 Å². The van der Waals surface area contributed by atoms with Gasteiger partial charge in [-0.3, -0.25) is 0 Å². The highest BCUT2D eigenvalue weighted by molar-refractivity contribution is 7.88. The van der Waals surface area contributed by atoms with Crippen LogP contribution in [0.25, 0.3) is 0 Å². The van der Waals surface area contributed by atoms with Crippen molar-refractivity contribution >= 4 is 16.3 Å². The zero-order chi connectivity index (χ0) is 11.5. The lowest BCUT2D eigenvalue weighted by Gasteiger charge is -2.23. The monoisotopic (exact) mass is 237 g/mol. The quantitative estimate of drug-likeness (QED) is 0.580. The third-order valence-corrected chi connectivity index (χ3v) is 3.35. The molecule has 15 heavy (non-hydrogen) atoms. The Labute approximate surface area is 88.7 Å². The van der Waals surface area contributed by atoms with Crippen molar-refractivity contribution < 1.29 is 17.9 Å². The molecule has 1 aliphatic heterocycles. The SMILES string of the molecule is COC(=O)NS(=O)(=O)NC1(C)CCNC1. The molecule has 1 rings (SSSR count). The Kier molecular flexibility index (Phi) is 3.53. The third kappa shape index (κ3) is 3.65. The van der Waals surface area contributed by atoms with E-state index >= 15 is 0 Å². The smallest absolute Gasteiger partial charge is 0.421 e. The van der Waals surface area contributed by atoms with Gasteiger partial charge >= 0.3 is 16.3 Å². The molecule has 0 radical (unpaired) electrons. The molecule has 0 aliphatic carbocycles. The lowest BCUT2D eigenvalue weighted by Crippen LogP contribution is -2.52. The van der Waals surface area contributed by atoms with E-state index in [2.05, 4.69) is 14.8 Å². The van der Waals surface area contributed by atoms with Crippen molar-refractivity contribution in [2.45, 2.75) is 18.9 Å². The molecule has 1 unspecified atom stereocenters. The molecule has 1 heterocycles. The molecule has 1 aliphatic rings. The van der Waals surface area contributed by atoms with Crippen LogP contribution in [0.4, 0.5) is 4.79 Å². The Morgan fingerprint density at radius 1 is 1.53 bits per heavy atom. The zero-order valence-electron chi connectivity index (χ0n) is 8.66. The first-order valence-corrected chi connectivity index (χ1v) is 5.96. The molecule has 7 nitrogen and oxygen atoms in total. The number of hydrogen-bond acceptors (Lipinski definition) is 5. The van der Waals surface area contributed by atoms with Crippen LogP contribution in [0, 0.1) is 0 Å². The molecular formula is C7H15N3O4S. The predicted octanol–water partition coefficient (Wildman–Crippen LogP) is -1.07. The summed E-state index contributed by atoms with van der Waals surface area (Å²) < 4.78 is 31.1. The minimum Gasteiger partial charge on any atom is -0.452 e. The molecule has 1 atom stereocenters. The molecule has 1 saturated heterocycles. The van der Waals surface area contributed by atoms with Gasteiger partial charge in [0.1, 0.15) is 0 Å². The molecule has 88 valence electrons. The van der Waals surface area contributed by atoms with Gasteiger partial charge in [-0.25, -0.2) is 9.52 Å². The average Bonchev–Trinajstić information content (AvgIpc) is 2.49. The van der Waals surface area contributed by atoms with Gasteiger partial charge in [-0.05, 0) is 19.9 Å². The van der Waals surface area contributed by atoms with Crippen LogP contribution in [0.1, 0.15) is 13.3 Å². The Bertz CT molecular complexity index is 334. The van der Waals surface area contributed by atoms with Gasteiger partial charge in [0.05, 0.1) is 7.11 Å². The van der Waals surface area contributed by atoms with E-state index in [1.54, 1.807) is 11.6 Å². The average molecular weight is 237 g/mol. The molecule has 0 bridgehead atoms. The van der Waals surface area contributed by atoms with Gasteiger partial charge in [-0.2, -0.15) is 13.1 Å². The second kappa shape index (κ2) is 4.33. The highest BCUT2D eigenvalue weighted by Crippen LogP contribution is 2.13. The van der Waals surface area contributed by atoms with Gasteiger partial charge < -0.3 is 10.1 Å². The summed E-state index contributed by atoms with van der Waals surface area (Å²) in [6.07, 6.45) is -0.327. The van der Waals surface area contributed by atoms with Crippen LogP contribution < -0.4 is 14.8 Å². The summed E-state index contributed by atoms with van der Waals surface area (Å²) in [6, 6.07) is 0. The van der Waals surface area contributed by atoms with E-state index in [0.717, 1.165) is 13.7 Å². The summed E-state index contributed by atoms with van der Waals surface area (Å²) in [7, 11) is -2.75. The van der Waals surface area contributed by atoms with E-state index in [4.69, 9.17) is 0 Å². The first-order chi connectivity index (χ1) is 6.87. The molecule has 0 saturated carbocycles. The summed E-state index contributed by atoms with van der Waals surface area (Å²) in [4.78, 5) is 10.7. The maximum atomic E-state index is 11.4. The third-order valence-electron chi connectivity index (χ3n) is 2.15. The van der Waals surface area contributed by atoms with Crippen LogP contribution in [0.5, 0.6) is 0 Å². The second-order valence-electron chi connectivity index (χ2n) is 3.69. The zero-order valence-corrected chi connectivity index (χ0v) is 9.48. The number of ether oxygens (including phenoxy) is 1. The first-order valence-electron chi connectivity index (χ1n) is 4.47. The molecule has 1 amide bonds. The lowest BCUT2D eigenvalue weighted by atomic mass is 10.0. The van der Waals surface area contributed by atoms with Crippen molar-refractivity contribution in [3.63, 3.8) is 0 Å². The number of nitrogens with one attached hydrogen (secondary N) is 3. The Morgan fingerprint density at radius 3 is 2.67 bits per heavy atom. The fourth-order valence-electron chi connectivity index (χ4n) is 1.41. The van der Waals surface area contributed by atoms with E-state index in [1.807, 2.05) is 0 Å². The highest BCUT2D eigenvalue weighted by atomic mass is 32.2. The first kappa shape index (κ1) is 12.2. The van der Waals surface area contributed by atoms with Crippen LogP contribution in [0.3, 0.4) is 0 Å². The number of hydrogen-bond donors (Lipinski definition) is 3. The topological polar surface area (TPSA) is 96.5 Å². The molecule has 0 aromatic rings. The molecular weight excluding hydrogens is 222 g/mol. The number of rotatable bonds is 3. The number of amides is 1. The summed E-state index contributed by atoms with van der Waals surface area (Å²) in [5.74, 6) is 0. The van der Waals surface area contributed by atoms with Crippen molar-refractivity contribution in [2.24, 2.45) is 0 Å².